The molecule has 0 bridgehead atoms. The summed E-state index contributed by atoms with van der Waals surface area (Å²) in [4.78, 5) is 17.9. The Morgan fingerprint density at radius 3 is 2.36 bits per heavy atom. The molecular weight excluding hydrogens is 363 g/mol. The Morgan fingerprint density at radius 1 is 1.20 bits per heavy atom. The molecule has 1 aromatic rings. The van der Waals surface area contributed by atoms with Gasteiger partial charge >= 0.3 is 12.3 Å². The average molecular weight is 384 g/mol. The van der Waals surface area contributed by atoms with Gasteiger partial charge in [-0.1, -0.05) is 11.6 Å². The maximum absolute atomic E-state index is 12.7. The van der Waals surface area contributed by atoms with E-state index in [-0.39, 0.29) is 11.5 Å². The molecule has 1 amide bonds. The van der Waals surface area contributed by atoms with Crippen LogP contribution in [-0.2, 0) is 10.9 Å². The predicted octanol–water partition coefficient (Wildman–Crippen LogP) is 3.45. The Kier molecular flexibility index (Phi) is 7.09. The van der Waals surface area contributed by atoms with Crippen LogP contribution in [-0.4, -0.2) is 34.8 Å². The van der Waals surface area contributed by atoms with Crippen molar-refractivity contribution in [1.29, 1.82) is 0 Å². The van der Waals surface area contributed by atoms with Gasteiger partial charge in [0.25, 0.3) is 0 Å². The Hall–Kier alpha value is -1.97. The number of nitrogens with two attached hydrogens (primary N) is 1. The first-order valence-electron chi connectivity index (χ1n) is 7.51. The van der Waals surface area contributed by atoms with Crippen molar-refractivity contribution in [3.05, 3.63) is 11.0 Å². The minimum Gasteiger partial charge on any atom is -0.444 e. The van der Waals surface area contributed by atoms with E-state index in [1.807, 2.05) is 0 Å². The number of hydrogen-bond donors (Lipinski definition) is 3. The highest BCUT2D eigenvalue weighted by atomic mass is 35.5. The molecule has 0 spiro atoms. The third-order valence-electron chi connectivity index (χ3n) is 2.72. The number of nitrogen functional groups attached to an aromatic ring is 1. The number of amides is 1. The Bertz CT molecular complexity index is 605. The van der Waals surface area contributed by atoms with Crippen molar-refractivity contribution in [2.24, 2.45) is 0 Å². The number of anilines is 2. The molecule has 0 fully saturated rings. The number of ether oxygens (including phenoxy) is 1. The summed E-state index contributed by atoms with van der Waals surface area (Å²) in [5, 5.41) is 4.80. The predicted molar refractivity (Wildman–Crippen MR) is 88.4 cm³/mol. The minimum absolute atomic E-state index is 0.151. The van der Waals surface area contributed by atoms with Gasteiger partial charge < -0.3 is 21.1 Å². The van der Waals surface area contributed by atoms with Crippen molar-refractivity contribution in [3.63, 3.8) is 0 Å². The fraction of sp³-hybridized carbons (Fsp3) is 0.643. The van der Waals surface area contributed by atoms with E-state index in [2.05, 4.69) is 20.6 Å². The van der Waals surface area contributed by atoms with Crippen molar-refractivity contribution in [2.45, 2.75) is 45.4 Å². The normalized spacial score (nSPS) is 12.0. The topological polar surface area (TPSA) is 102 Å². The molecule has 0 aromatic carbocycles. The van der Waals surface area contributed by atoms with Gasteiger partial charge in [0.15, 0.2) is 11.0 Å². The van der Waals surface area contributed by atoms with Gasteiger partial charge in [0, 0.05) is 13.1 Å². The number of alkyl halides is 3. The molecule has 4 N–H and O–H groups in total. The number of nitrogens with zero attached hydrogens (tertiary/aromatic N) is 2. The van der Waals surface area contributed by atoms with Gasteiger partial charge in [-0.2, -0.15) is 13.2 Å². The smallest absolute Gasteiger partial charge is 0.444 e. The van der Waals surface area contributed by atoms with E-state index in [0.29, 0.717) is 25.9 Å². The summed E-state index contributed by atoms with van der Waals surface area (Å²) in [5.41, 5.74) is 4.84. The van der Waals surface area contributed by atoms with Gasteiger partial charge in [-0.05, 0) is 33.6 Å². The van der Waals surface area contributed by atoms with Crippen LogP contribution in [0, 0.1) is 0 Å². The van der Waals surface area contributed by atoms with Crippen LogP contribution in [0.4, 0.5) is 29.5 Å². The molecule has 1 aromatic heterocycles. The molecule has 1 rings (SSSR count). The molecule has 0 unspecified atom stereocenters. The van der Waals surface area contributed by atoms with E-state index in [1.165, 1.54) is 0 Å². The maximum atomic E-state index is 12.7. The highest BCUT2D eigenvalue weighted by Gasteiger charge is 2.36. The Balaban J connectivity index is 2.42. The lowest BCUT2D eigenvalue weighted by molar-refractivity contribution is -0.144. The monoisotopic (exact) mass is 383 g/mol. The maximum Gasteiger partial charge on any atom is 0.451 e. The third kappa shape index (κ3) is 7.63. The van der Waals surface area contributed by atoms with Gasteiger partial charge in [-0.25, -0.2) is 14.8 Å². The molecule has 11 heteroatoms. The zero-order valence-electron chi connectivity index (χ0n) is 14.1. The van der Waals surface area contributed by atoms with Gasteiger partial charge in [0.1, 0.15) is 11.3 Å². The summed E-state index contributed by atoms with van der Waals surface area (Å²) in [6.45, 7) is 5.92. The molecule has 0 saturated heterocycles. The number of carbonyl (C=O) groups is 1. The molecule has 1 heterocycles. The Morgan fingerprint density at radius 2 is 1.80 bits per heavy atom. The lowest BCUT2D eigenvalue weighted by atomic mass is 10.2. The van der Waals surface area contributed by atoms with Crippen LogP contribution in [0.2, 0.25) is 5.15 Å². The largest absolute Gasteiger partial charge is 0.451 e. The zero-order valence-corrected chi connectivity index (χ0v) is 14.9. The van der Waals surface area contributed by atoms with Gasteiger partial charge in [0.2, 0.25) is 5.82 Å². The molecule has 25 heavy (non-hydrogen) atoms. The molecule has 0 saturated carbocycles. The number of hydrogen-bond acceptors (Lipinski definition) is 6. The minimum atomic E-state index is -4.72. The summed E-state index contributed by atoms with van der Waals surface area (Å²) in [5.74, 6) is -1.53. The first-order chi connectivity index (χ1) is 11.4. The second kappa shape index (κ2) is 8.41. The van der Waals surface area contributed by atoms with Crippen molar-refractivity contribution < 1.29 is 22.7 Å². The second-order valence-electron chi connectivity index (χ2n) is 6.16. The number of nitrogens with one attached hydrogen (secondary N) is 2. The summed E-state index contributed by atoms with van der Waals surface area (Å²) in [7, 11) is 0. The van der Waals surface area contributed by atoms with Crippen LogP contribution in [0.25, 0.3) is 0 Å². The zero-order chi connectivity index (χ0) is 19.3. The number of aromatic nitrogens is 2. The fourth-order valence-corrected chi connectivity index (χ4v) is 1.83. The third-order valence-corrected chi connectivity index (χ3v) is 3.01. The first-order valence-corrected chi connectivity index (χ1v) is 7.89. The summed E-state index contributed by atoms with van der Waals surface area (Å²) < 4.78 is 43.0. The van der Waals surface area contributed by atoms with E-state index in [0.717, 1.165) is 0 Å². The summed E-state index contributed by atoms with van der Waals surface area (Å²) in [6, 6.07) is 0. The lowest BCUT2D eigenvalue weighted by Crippen LogP contribution is -2.33. The molecular formula is C14H21ClF3N5O2. The van der Waals surface area contributed by atoms with Crippen LogP contribution in [0.3, 0.4) is 0 Å². The Labute approximate surface area is 148 Å². The van der Waals surface area contributed by atoms with Crippen LogP contribution in [0.5, 0.6) is 0 Å². The van der Waals surface area contributed by atoms with Gasteiger partial charge in [0.05, 0.1) is 0 Å². The van der Waals surface area contributed by atoms with Gasteiger partial charge in [-0.15, -0.1) is 0 Å². The van der Waals surface area contributed by atoms with E-state index in [9.17, 15) is 18.0 Å². The number of alkyl carbamates (subject to hydrolysis) is 1. The van der Waals surface area contributed by atoms with E-state index in [1.54, 1.807) is 20.8 Å². The van der Waals surface area contributed by atoms with Crippen LogP contribution in [0.15, 0.2) is 0 Å². The number of carbonyl (C=O) groups excluding carboxylic acids is 1. The first kappa shape index (κ1) is 21.1. The van der Waals surface area contributed by atoms with E-state index in [4.69, 9.17) is 22.1 Å². The standard InChI is InChI=1S/C14H21ClF3N5O2/c1-13(2,3)25-12(24)21-7-5-4-6-20-10-8(19)9(15)22-11(23-10)14(16,17)18/h4-7,19H2,1-3H3,(H,21,24)(H,20,22,23). The van der Waals surface area contributed by atoms with Crippen LogP contribution < -0.4 is 16.4 Å². The molecule has 0 aliphatic rings. The average Bonchev–Trinajstić information content (AvgIpc) is 2.43. The molecule has 0 atom stereocenters. The number of unbranched alkanes of at least 4 members (excludes halogenated alkanes) is 1. The number of halogens is 4. The summed E-state index contributed by atoms with van der Waals surface area (Å²) in [6.07, 6.45) is -4.11. The molecule has 0 aliphatic heterocycles. The SMILES string of the molecule is CC(C)(C)OC(=O)NCCCCNc1nc(C(F)(F)F)nc(Cl)c1N. The fourth-order valence-electron chi connectivity index (χ4n) is 1.66. The summed E-state index contributed by atoms with van der Waals surface area (Å²) >= 11 is 5.60. The van der Waals surface area contributed by atoms with Crippen molar-refractivity contribution >= 4 is 29.2 Å². The van der Waals surface area contributed by atoms with E-state index >= 15 is 0 Å². The highest BCUT2D eigenvalue weighted by Crippen LogP contribution is 2.31. The van der Waals surface area contributed by atoms with Crippen LogP contribution in [0.1, 0.15) is 39.4 Å². The quantitative estimate of drug-likeness (QED) is 0.513. The van der Waals surface area contributed by atoms with Crippen molar-refractivity contribution in [3.8, 4) is 0 Å². The number of rotatable bonds is 6. The van der Waals surface area contributed by atoms with Gasteiger partial charge in [-0.3, -0.25) is 0 Å². The van der Waals surface area contributed by atoms with Crippen molar-refractivity contribution in [1.82, 2.24) is 15.3 Å². The van der Waals surface area contributed by atoms with Crippen LogP contribution >= 0.6 is 11.6 Å². The molecule has 7 nitrogen and oxygen atoms in total. The molecule has 0 radical (unpaired) electrons. The lowest BCUT2D eigenvalue weighted by Gasteiger charge is -2.19. The second-order valence-corrected chi connectivity index (χ2v) is 6.52. The van der Waals surface area contributed by atoms with Crippen molar-refractivity contribution in [2.75, 3.05) is 24.1 Å². The highest BCUT2D eigenvalue weighted by molar-refractivity contribution is 6.32. The molecule has 0 aliphatic carbocycles. The molecule has 142 valence electrons. The van der Waals surface area contributed by atoms with E-state index < -0.39 is 28.8 Å².